The third-order valence-electron chi connectivity index (χ3n) is 3.86. The molecule has 1 heterocycles. The highest BCUT2D eigenvalue weighted by atomic mass is 16.5. The van der Waals surface area contributed by atoms with E-state index in [4.69, 9.17) is 10.5 Å². The van der Waals surface area contributed by atoms with E-state index in [9.17, 15) is 4.79 Å². The molecule has 23 heavy (non-hydrogen) atoms. The van der Waals surface area contributed by atoms with Crippen LogP contribution in [0.15, 0.2) is 42.5 Å². The number of nitrogens with one attached hydrogen (secondary N) is 2. The summed E-state index contributed by atoms with van der Waals surface area (Å²) in [5.74, 6) is 0.609. The van der Waals surface area contributed by atoms with Crippen LogP contribution in [0.25, 0.3) is 0 Å². The van der Waals surface area contributed by atoms with Gasteiger partial charge >= 0.3 is 0 Å². The van der Waals surface area contributed by atoms with E-state index in [1.165, 1.54) is 5.56 Å². The fourth-order valence-corrected chi connectivity index (χ4v) is 2.58. The van der Waals surface area contributed by atoms with E-state index in [1.807, 2.05) is 30.3 Å². The molecule has 0 radical (unpaired) electrons. The van der Waals surface area contributed by atoms with Gasteiger partial charge in [0, 0.05) is 19.6 Å². The molecule has 1 amide bonds. The Morgan fingerprint density at radius 1 is 1.13 bits per heavy atom. The molecule has 3 rings (SSSR count). The molecule has 120 valence electrons. The van der Waals surface area contributed by atoms with Crippen molar-refractivity contribution >= 4 is 11.6 Å². The van der Waals surface area contributed by atoms with Gasteiger partial charge in [-0.05, 0) is 35.7 Å². The molecule has 0 aliphatic carbocycles. The van der Waals surface area contributed by atoms with Gasteiger partial charge in [0.2, 0.25) is 0 Å². The van der Waals surface area contributed by atoms with Crippen LogP contribution < -0.4 is 21.1 Å². The Balaban J connectivity index is 1.60. The van der Waals surface area contributed by atoms with Gasteiger partial charge in [-0.25, -0.2) is 0 Å². The van der Waals surface area contributed by atoms with E-state index in [0.717, 1.165) is 29.1 Å². The Labute approximate surface area is 135 Å². The van der Waals surface area contributed by atoms with Gasteiger partial charge in [-0.3, -0.25) is 4.79 Å². The summed E-state index contributed by atoms with van der Waals surface area (Å²) in [7, 11) is 0. The van der Waals surface area contributed by atoms with E-state index in [1.54, 1.807) is 6.92 Å². The van der Waals surface area contributed by atoms with Crippen molar-refractivity contribution in [3.8, 4) is 5.75 Å². The number of carbonyl (C=O) groups excluding carboxylic acids is 1. The van der Waals surface area contributed by atoms with E-state index in [0.29, 0.717) is 13.1 Å². The predicted octanol–water partition coefficient (Wildman–Crippen LogP) is 2.15. The van der Waals surface area contributed by atoms with Crippen LogP contribution >= 0.6 is 0 Å². The largest absolute Gasteiger partial charge is 0.479 e. The summed E-state index contributed by atoms with van der Waals surface area (Å²) in [6.45, 7) is 3.77. The molecule has 1 aliphatic rings. The van der Waals surface area contributed by atoms with Crippen molar-refractivity contribution in [1.29, 1.82) is 0 Å². The number of fused-ring (bicyclic) bond motifs is 1. The van der Waals surface area contributed by atoms with Gasteiger partial charge in [-0.1, -0.05) is 30.3 Å². The standard InChI is InChI=1S/C18H21N3O2/c1-12-18(22)21-16-8-15(5-6-17(16)23-12)11-20-10-14-4-2-3-13(7-14)9-19/h2-8,12,20H,9-11,19H2,1H3,(H,21,22). The molecule has 2 aromatic carbocycles. The molecular formula is C18H21N3O2. The lowest BCUT2D eigenvalue weighted by molar-refractivity contribution is -0.122. The fourth-order valence-electron chi connectivity index (χ4n) is 2.58. The van der Waals surface area contributed by atoms with E-state index in [2.05, 4.69) is 22.8 Å². The lowest BCUT2D eigenvalue weighted by Crippen LogP contribution is -2.34. The van der Waals surface area contributed by atoms with Crippen LogP contribution in [0.5, 0.6) is 5.75 Å². The van der Waals surface area contributed by atoms with Gasteiger partial charge < -0.3 is 21.1 Å². The Kier molecular flexibility index (Phi) is 4.60. The van der Waals surface area contributed by atoms with Crippen LogP contribution in [-0.2, 0) is 24.4 Å². The van der Waals surface area contributed by atoms with Gasteiger partial charge in [0.25, 0.3) is 5.91 Å². The number of hydrogen-bond acceptors (Lipinski definition) is 4. The minimum atomic E-state index is -0.443. The molecule has 5 heteroatoms. The monoisotopic (exact) mass is 311 g/mol. The second-order valence-corrected chi connectivity index (χ2v) is 5.71. The van der Waals surface area contributed by atoms with Crippen LogP contribution in [0.2, 0.25) is 0 Å². The van der Waals surface area contributed by atoms with Crippen LogP contribution in [0.4, 0.5) is 5.69 Å². The topological polar surface area (TPSA) is 76.4 Å². The minimum absolute atomic E-state index is 0.110. The number of amides is 1. The fraction of sp³-hybridized carbons (Fsp3) is 0.278. The summed E-state index contributed by atoms with van der Waals surface area (Å²) < 4.78 is 5.55. The smallest absolute Gasteiger partial charge is 0.265 e. The van der Waals surface area contributed by atoms with Crippen molar-refractivity contribution in [1.82, 2.24) is 5.32 Å². The third-order valence-corrected chi connectivity index (χ3v) is 3.86. The lowest BCUT2D eigenvalue weighted by Gasteiger charge is -2.23. The maximum atomic E-state index is 11.7. The highest BCUT2D eigenvalue weighted by Gasteiger charge is 2.23. The molecular weight excluding hydrogens is 290 g/mol. The summed E-state index contributed by atoms with van der Waals surface area (Å²) in [6.07, 6.45) is -0.443. The van der Waals surface area contributed by atoms with Gasteiger partial charge in [-0.2, -0.15) is 0 Å². The third kappa shape index (κ3) is 3.70. The maximum Gasteiger partial charge on any atom is 0.265 e. The van der Waals surface area contributed by atoms with Crippen molar-refractivity contribution < 1.29 is 9.53 Å². The first-order valence-electron chi connectivity index (χ1n) is 7.75. The number of anilines is 1. The molecule has 0 saturated carbocycles. The van der Waals surface area contributed by atoms with E-state index in [-0.39, 0.29) is 5.91 Å². The summed E-state index contributed by atoms with van der Waals surface area (Å²) in [4.78, 5) is 11.7. The first kappa shape index (κ1) is 15.5. The number of benzene rings is 2. The Hall–Kier alpha value is -2.37. The summed E-state index contributed by atoms with van der Waals surface area (Å²) in [6, 6.07) is 14.1. The highest BCUT2D eigenvalue weighted by Crippen LogP contribution is 2.30. The number of rotatable bonds is 5. The summed E-state index contributed by atoms with van der Waals surface area (Å²) in [5, 5.41) is 6.27. The lowest BCUT2D eigenvalue weighted by atomic mass is 10.1. The van der Waals surface area contributed by atoms with Crippen LogP contribution in [-0.4, -0.2) is 12.0 Å². The number of ether oxygens (including phenoxy) is 1. The minimum Gasteiger partial charge on any atom is -0.479 e. The van der Waals surface area contributed by atoms with Crippen molar-refractivity contribution in [3.63, 3.8) is 0 Å². The molecule has 1 unspecified atom stereocenters. The quantitative estimate of drug-likeness (QED) is 0.791. The van der Waals surface area contributed by atoms with Gasteiger partial charge in [0.05, 0.1) is 5.69 Å². The van der Waals surface area contributed by atoms with Crippen molar-refractivity contribution in [3.05, 3.63) is 59.2 Å². The Morgan fingerprint density at radius 3 is 2.65 bits per heavy atom. The van der Waals surface area contributed by atoms with Gasteiger partial charge in [-0.15, -0.1) is 0 Å². The molecule has 0 aromatic heterocycles. The average Bonchev–Trinajstić information content (AvgIpc) is 2.56. The zero-order valence-corrected chi connectivity index (χ0v) is 13.1. The second-order valence-electron chi connectivity index (χ2n) is 5.71. The summed E-state index contributed by atoms with van der Waals surface area (Å²) in [5.41, 5.74) is 9.82. The number of nitrogens with two attached hydrogens (primary N) is 1. The average molecular weight is 311 g/mol. The van der Waals surface area contributed by atoms with Gasteiger partial charge in [0.15, 0.2) is 6.10 Å². The molecule has 0 saturated heterocycles. The maximum absolute atomic E-state index is 11.7. The molecule has 0 fully saturated rings. The van der Waals surface area contributed by atoms with Crippen molar-refractivity contribution in [2.24, 2.45) is 5.73 Å². The molecule has 4 N–H and O–H groups in total. The first-order chi connectivity index (χ1) is 11.2. The van der Waals surface area contributed by atoms with Gasteiger partial charge in [0.1, 0.15) is 5.75 Å². The SMILES string of the molecule is CC1Oc2ccc(CNCc3cccc(CN)c3)cc2NC1=O. The Morgan fingerprint density at radius 2 is 1.87 bits per heavy atom. The van der Waals surface area contributed by atoms with Crippen molar-refractivity contribution in [2.75, 3.05) is 5.32 Å². The van der Waals surface area contributed by atoms with Crippen LogP contribution in [0.1, 0.15) is 23.6 Å². The first-order valence-corrected chi connectivity index (χ1v) is 7.75. The molecule has 0 spiro atoms. The molecule has 1 atom stereocenters. The molecule has 2 aromatic rings. The normalized spacial score (nSPS) is 16.4. The molecule has 1 aliphatic heterocycles. The predicted molar refractivity (Wildman–Crippen MR) is 90.0 cm³/mol. The zero-order valence-electron chi connectivity index (χ0n) is 13.1. The zero-order chi connectivity index (χ0) is 16.2. The molecule has 5 nitrogen and oxygen atoms in total. The van der Waals surface area contributed by atoms with Crippen molar-refractivity contribution in [2.45, 2.75) is 32.7 Å². The number of hydrogen-bond donors (Lipinski definition) is 3. The molecule has 0 bridgehead atoms. The van der Waals surface area contributed by atoms with E-state index >= 15 is 0 Å². The second kappa shape index (κ2) is 6.81. The van der Waals surface area contributed by atoms with Crippen LogP contribution in [0, 0.1) is 0 Å². The highest BCUT2D eigenvalue weighted by molar-refractivity contribution is 5.97. The van der Waals surface area contributed by atoms with Crippen LogP contribution in [0.3, 0.4) is 0 Å². The Bertz CT molecular complexity index is 715. The number of carbonyl (C=O) groups is 1. The summed E-state index contributed by atoms with van der Waals surface area (Å²) >= 11 is 0. The van der Waals surface area contributed by atoms with E-state index < -0.39 is 6.10 Å².